The van der Waals surface area contributed by atoms with Crippen molar-refractivity contribution in [2.24, 2.45) is 10.7 Å². The van der Waals surface area contributed by atoms with Crippen LogP contribution in [0.1, 0.15) is 5.56 Å². The Bertz CT molecular complexity index is 450. The minimum atomic E-state index is -4.66. The Morgan fingerprint density at radius 3 is 2.18 bits per heavy atom. The van der Waals surface area contributed by atoms with E-state index in [4.69, 9.17) is 17.3 Å². The van der Waals surface area contributed by atoms with Crippen LogP contribution in [0.25, 0.3) is 0 Å². The average Bonchev–Trinajstić information content (AvgIpc) is 2.29. The van der Waals surface area contributed by atoms with E-state index < -0.39 is 16.9 Å². The number of aliphatic imine (C=N–C) groups is 1. The molecule has 1 rings (SSSR count). The van der Waals surface area contributed by atoms with E-state index in [1.165, 1.54) is 7.05 Å². The molecule has 0 radical (unpaired) electrons. The highest BCUT2D eigenvalue weighted by molar-refractivity contribution is 6.46. The van der Waals surface area contributed by atoms with Crippen LogP contribution in [-0.4, -0.2) is 18.9 Å². The van der Waals surface area contributed by atoms with Gasteiger partial charge in [-0.1, -0.05) is 41.9 Å². The minimum absolute atomic E-state index is 0.0158. The van der Waals surface area contributed by atoms with Crippen LogP contribution in [0.4, 0.5) is 13.2 Å². The van der Waals surface area contributed by atoms with Gasteiger partial charge >= 0.3 is 6.18 Å². The van der Waals surface area contributed by atoms with E-state index in [0.29, 0.717) is 5.56 Å². The Labute approximate surface area is 102 Å². The molecule has 1 aromatic carbocycles. The van der Waals surface area contributed by atoms with Gasteiger partial charge in [-0.2, -0.15) is 13.2 Å². The topological polar surface area (TPSA) is 38.4 Å². The number of rotatable bonds is 2. The molecule has 0 aliphatic carbocycles. The molecular weight excluding hydrogens is 253 g/mol. The van der Waals surface area contributed by atoms with Gasteiger partial charge in [-0.05, 0) is 0 Å². The standard InChI is InChI=1S/C11H10ClF3N2/c1-17-9(7-5-3-2-4-6-7)8(12)10(16)11(13,14)15/h2-6H,16H2,1H3. The largest absolute Gasteiger partial charge is 0.432 e. The summed E-state index contributed by atoms with van der Waals surface area (Å²) in [5, 5.41) is -0.591. The van der Waals surface area contributed by atoms with Gasteiger partial charge in [0.25, 0.3) is 0 Å². The quantitative estimate of drug-likeness (QED) is 0.818. The molecule has 0 aliphatic rings. The van der Waals surface area contributed by atoms with Gasteiger partial charge in [0.15, 0.2) is 0 Å². The van der Waals surface area contributed by atoms with E-state index >= 15 is 0 Å². The lowest BCUT2D eigenvalue weighted by Crippen LogP contribution is -2.23. The van der Waals surface area contributed by atoms with E-state index in [2.05, 4.69) is 4.99 Å². The number of hydrogen-bond acceptors (Lipinski definition) is 2. The normalized spacial score (nSPS) is 14.5. The van der Waals surface area contributed by atoms with E-state index in [0.717, 1.165) is 0 Å². The number of hydrogen-bond donors (Lipinski definition) is 1. The molecule has 0 heterocycles. The average molecular weight is 263 g/mol. The molecule has 1 aromatic rings. The molecule has 17 heavy (non-hydrogen) atoms. The monoisotopic (exact) mass is 262 g/mol. The smallest absolute Gasteiger partial charge is 0.393 e. The van der Waals surface area contributed by atoms with Crippen molar-refractivity contribution in [3.63, 3.8) is 0 Å². The first-order valence-electron chi connectivity index (χ1n) is 4.63. The Hall–Kier alpha value is -1.49. The molecule has 0 aliphatic heterocycles. The third-order valence-electron chi connectivity index (χ3n) is 2.02. The van der Waals surface area contributed by atoms with Crippen LogP contribution >= 0.6 is 11.6 Å². The summed E-state index contributed by atoms with van der Waals surface area (Å²) >= 11 is 5.62. The van der Waals surface area contributed by atoms with Gasteiger partial charge in [0.2, 0.25) is 0 Å². The summed E-state index contributed by atoms with van der Waals surface area (Å²) in [5.41, 5.74) is 4.10. The molecule has 0 spiro atoms. The van der Waals surface area contributed by atoms with Crippen molar-refractivity contribution in [3.8, 4) is 0 Å². The van der Waals surface area contributed by atoms with Gasteiger partial charge in [-0.25, -0.2) is 0 Å². The predicted octanol–water partition coefficient (Wildman–Crippen LogP) is 3.08. The molecule has 2 N–H and O–H groups in total. The molecule has 0 unspecified atom stereocenters. The van der Waals surface area contributed by atoms with Crippen molar-refractivity contribution in [1.29, 1.82) is 0 Å². The maximum atomic E-state index is 12.4. The van der Waals surface area contributed by atoms with Gasteiger partial charge in [-0.15, -0.1) is 0 Å². The van der Waals surface area contributed by atoms with Crippen LogP contribution in [-0.2, 0) is 0 Å². The van der Waals surface area contributed by atoms with E-state index in [1.807, 2.05) is 0 Å². The van der Waals surface area contributed by atoms with E-state index in [-0.39, 0.29) is 5.71 Å². The number of allylic oxidation sites excluding steroid dienone is 2. The predicted molar refractivity (Wildman–Crippen MR) is 62.0 cm³/mol. The number of nitrogens with zero attached hydrogens (tertiary/aromatic N) is 1. The maximum Gasteiger partial charge on any atom is 0.432 e. The molecule has 0 saturated carbocycles. The summed E-state index contributed by atoms with van der Waals surface area (Å²) in [6, 6.07) is 8.30. The molecule has 0 bridgehead atoms. The fourth-order valence-corrected chi connectivity index (χ4v) is 1.50. The second-order valence-corrected chi connectivity index (χ2v) is 3.54. The SMILES string of the molecule is CN=C(C(Cl)=C(N)C(F)(F)F)c1ccccc1. The van der Waals surface area contributed by atoms with Crippen molar-refractivity contribution in [1.82, 2.24) is 0 Å². The Morgan fingerprint density at radius 1 is 1.24 bits per heavy atom. The van der Waals surface area contributed by atoms with Crippen LogP contribution in [0.15, 0.2) is 46.1 Å². The highest BCUT2D eigenvalue weighted by Crippen LogP contribution is 2.27. The lowest BCUT2D eigenvalue weighted by Gasteiger charge is -2.11. The molecule has 92 valence electrons. The summed E-state index contributed by atoms with van der Waals surface area (Å²) in [7, 11) is 1.36. The fourth-order valence-electron chi connectivity index (χ4n) is 1.20. The fraction of sp³-hybridized carbons (Fsp3) is 0.182. The zero-order valence-electron chi connectivity index (χ0n) is 8.92. The zero-order chi connectivity index (χ0) is 13.1. The van der Waals surface area contributed by atoms with Gasteiger partial charge in [0.05, 0.1) is 10.7 Å². The van der Waals surface area contributed by atoms with Crippen molar-refractivity contribution in [2.45, 2.75) is 6.18 Å². The summed E-state index contributed by atoms with van der Waals surface area (Å²) in [6.45, 7) is 0. The Morgan fingerprint density at radius 2 is 1.76 bits per heavy atom. The number of nitrogens with two attached hydrogens (primary N) is 1. The number of benzene rings is 1. The lowest BCUT2D eigenvalue weighted by molar-refractivity contribution is -0.0927. The van der Waals surface area contributed by atoms with E-state index in [9.17, 15) is 13.2 Å². The summed E-state index contributed by atoms with van der Waals surface area (Å²) < 4.78 is 37.2. The second kappa shape index (κ2) is 5.23. The van der Waals surface area contributed by atoms with Gasteiger partial charge < -0.3 is 5.73 Å². The minimum Gasteiger partial charge on any atom is -0.393 e. The number of halogens is 4. The molecule has 2 nitrogen and oxygen atoms in total. The Kier molecular flexibility index (Phi) is 4.17. The highest BCUT2D eigenvalue weighted by atomic mass is 35.5. The molecule has 0 saturated heterocycles. The van der Waals surface area contributed by atoms with Crippen molar-refractivity contribution in [3.05, 3.63) is 46.6 Å². The van der Waals surface area contributed by atoms with Crippen LogP contribution in [0.5, 0.6) is 0 Å². The first-order valence-corrected chi connectivity index (χ1v) is 5.00. The lowest BCUT2D eigenvalue weighted by atomic mass is 10.1. The van der Waals surface area contributed by atoms with Gasteiger partial charge in [-0.3, -0.25) is 4.99 Å². The van der Waals surface area contributed by atoms with Crippen molar-refractivity contribution >= 4 is 17.3 Å². The van der Waals surface area contributed by atoms with Crippen LogP contribution in [0, 0.1) is 0 Å². The van der Waals surface area contributed by atoms with Crippen LogP contribution < -0.4 is 5.73 Å². The zero-order valence-corrected chi connectivity index (χ0v) is 9.68. The molecule has 0 fully saturated rings. The van der Waals surface area contributed by atoms with Gasteiger partial charge in [0, 0.05) is 12.6 Å². The molecular formula is C11H10ClF3N2. The van der Waals surface area contributed by atoms with Crippen molar-refractivity contribution < 1.29 is 13.2 Å². The first-order chi connectivity index (χ1) is 7.88. The summed E-state index contributed by atoms with van der Waals surface area (Å²) in [4.78, 5) is 3.74. The molecule has 6 heteroatoms. The van der Waals surface area contributed by atoms with E-state index in [1.54, 1.807) is 30.3 Å². The molecule has 0 atom stereocenters. The Balaban J connectivity index is 3.24. The molecule has 0 amide bonds. The number of alkyl halides is 3. The second-order valence-electron chi connectivity index (χ2n) is 3.16. The highest BCUT2D eigenvalue weighted by Gasteiger charge is 2.35. The summed E-state index contributed by atoms with van der Waals surface area (Å²) in [5.74, 6) is 0. The summed E-state index contributed by atoms with van der Waals surface area (Å²) in [6.07, 6.45) is -4.66. The van der Waals surface area contributed by atoms with Crippen LogP contribution in [0.2, 0.25) is 0 Å². The van der Waals surface area contributed by atoms with Gasteiger partial charge in [0.1, 0.15) is 5.70 Å². The maximum absolute atomic E-state index is 12.4. The first kappa shape index (κ1) is 13.6. The molecule has 0 aromatic heterocycles. The van der Waals surface area contributed by atoms with Crippen molar-refractivity contribution in [2.75, 3.05) is 7.05 Å². The van der Waals surface area contributed by atoms with Crippen LogP contribution in [0.3, 0.4) is 0 Å². The third-order valence-corrected chi connectivity index (χ3v) is 2.40. The third kappa shape index (κ3) is 3.23.